The fourth-order valence-electron chi connectivity index (χ4n) is 2.68. The Morgan fingerprint density at radius 1 is 1.10 bits per heavy atom. The highest BCUT2D eigenvalue weighted by molar-refractivity contribution is 5.92. The van der Waals surface area contributed by atoms with Crippen molar-refractivity contribution in [1.29, 1.82) is 0 Å². The molecule has 1 saturated heterocycles. The van der Waals surface area contributed by atoms with Crippen LogP contribution in [0, 0.1) is 11.8 Å². The van der Waals surface area contributed by atoms with Crippen LogP contribution in [0.4, 0.5) is 4.79 Å². The van der Waals surface area contributed by atoms with Gasteiger partial charge in [0, 0.05) is 19.5 Å². The third kappa shape index (κ3) is 8.82. The Hall–Kier alpha value is -2.13. The Morgan fingerprint density at radius 2 is 1.72 bits per heavy atom. The van der Waals surface area contributed by atoms with Crippen LogP contribution in [0.5, 0.6) is 0 Å². The molecular formula is C20H36N4O5. The van der Waals surface area contributed by atoms with Crippen LogP contribution in [0.1, 0.15) is 41.0 Å². The summed E-state index contributed by atoms with van der Waals surface area (Å²) in [4.78, 5) is 37.0. The summed E-state index contributed by atoms with van der Waals surface area (Å²) in [7, 11) is 1.51. The summed E-state index contributed by atoms with van der Waals surface area (Å²) in [6.45, 7) is 10.6. The number of carbonyl (C=O) groups excluding carboxylic acids is 3. The predicted octanol–water partition coefficient (Wildman–Crippen LogP) is 0.906. The maximum atomic E-state index is 12.7. The van der Waals surface area contributed by atoms with Gasteiger partial charge in [0.1, 0.15) is 12.1 Å². The fraction of sp³-hybridized carbons (Fsp3) is 0.750. The van der Waals surface area contributed by atoms with Crippen molar-refractivity contribution < 1.29 is 23.9 Å². The van der Waals surface area contributed by atoms with Gasteiger partial charge >= 0.3 is 6.03 Å². The molecule has 29 heavy (non-hydrogen) atoms. The van der Waals surface area contributed by atoms with Gasteiger partial charge in [-0.3, -0.25) is 9.59 Å². The van der Waals surface area contributed by atoms with Gasteiger partial charge in [-0.05, 0) is 26.2 Å². The second-order valence-electron chi connectivity index (χ2n) is 7.90. The normalized spacial score (nSPS) is 18.9. The van der Waals surface area contributed by atoms with Crippen LogP contribution in [-0.2, 0) is 19.1 Å². The number of carbonyl (C=O) groups is 3. The molecule has 0 aromatic rings. The Balaban J connectivity index is 2.60. The molecule has 1 rings (SSSR count). The Bertz CT molecular complexity index is 581. The average molecular weight is 413 g/mol. The van der Waals surface area contributed by atoms with Gasteiger partial charge < -0.3 is 30.7 Å². The molecule has 1 fully saturated rings. The molecule has 9 heteroatoms. The van der Waals surface area contributed by atoms with Crippen LogP contribution in [0.15, 0.2) is 12.2 Å². The number of ether oxygens (including phenoxy) is 2. The third-order valence-corrected chi connectivity index (χ3v) is 4.51. The molecule has 9 nitrogen and oxygen atoms in total. The number of rotatable bonds is 9. The fourth-order valence-corrected chi connectivity index (χ4v) is 2.68. The summed E-state index contributed by atoms with van der Waals surface area (Å²) < 4.78 is 11.1. The van der Waals surface area contributed by atoms with Gasteiger partial charge in [-0.25, -0.2) is 4.79 Å². The zero-order valence-corrected chi connectivity index (χ0v) is 18.3. The van der Waals surface area contributed by atoms with E-state index in [9.17, 15) is 14.4 Å². The number of likely N-dealkylation sites (N-methyl/N-ethyl adjacent to an activating group) is 1. The van der Waals surface area contributed by atoms with Crippen LogP contribution in [0.2, 0.25) is 0 Å². The average Bonchev–Trinajstić information content (AvgIpc) is 2.67. The Morgan fingerprint density at radius 3 is 2.24 bits per heavy atom. The van der Waals surface area contributed by atoms with Crippen molar-refractivity contribution in [2.75, 3.05) is 26.8 Å². The van der Waals surface area contributed by atoms with Crippen molar-refractivity contribution in [1.82, 2.24) is 21.3 Å². The third-order valence-electron chi connectivity index (χ3n) is 4.51. The maximum Gasteiger partial charge on any atom is 0.315 e. The molecule has 1 aliphatic heterocycles. The molecule has 0 radical (unpaired) electrons. The minimum Gasteiger partial charge on any atom is -0.357 e. The maximum absolute atomic E-state index is 12.7. The molecule has 0 aliphatic carbocycles. The van der Waals surface area contributed by atoms with E-state index in [-0.39, 0.29) is 17.7 Å². The smallest absolute Gasteiger partial charge is 0.315 e. The molecule has 0 saturated carbocycles. The quantitative estimate of drug-likeness (QED) is 0.420. The molecule has 1 heterocycles. The molecule has 166 valence electrons. The minimum absolute atomic E-state index is 0.0388. The van der Waals surface area contributed by atoms with Gasteiger partial charge in [-0.15, -0.1) is 0 Å². The number of hydrogen-bond donors (Lipinski definition) is 4. The minimum atomic E-state index is -0.793. The molecule has 0 aromatic carbocycles. The summed E-state index contributed by atoms with van der Waals surface area (Å²) >= 11 is 0. The summed E-state index contributed by atoms with van der Waals surface area (Å²) in [6, 6.07) is -2.03. The number of allylic oxidation sites excluding steroid dienone is 1. The molecule has 0 aromatic heterocycles. The van der Waals surface area contributed by atoms with Gasteiger partial charge in [0.25, 0.3) is 0 Å². The molecule has 2 unspecified atom stereocenters. The molecular weight excluding hydrogens is 376 g/mol. The van der Waals surface area contributed by atoms with E-state index in [0.29, 0.717) is 19.8 Å². The number of amides is 4. The monoisotopic (exact) mass is 412 g/mol. The van der Waals surface area contributed by atoms with Crippen molar-refractivity contribution >= 4 is 17.8 Å². The van der Waals surface area contributed by atoms with Crippen molar-refractivity contribution in [3.05, 3.63) is 12.2 Å². The van der Waals surface area contributed by atoms with E-state index in [1.54, 1.807) is 12.2 Å². The van der Waals surface area contributed by atoms with Crippen molar-refractivity contribution in [2.45, 2.75) is 58.9 Å². The van der Waals surface area contributed by atoms with E-state index in [1.807, 2.05) is 34.6 Å². The lowest BCUT2D eigenvalue weighted by atomic mass is 10.0. The molecule has 4 N–H and O–H groups in total. The topological polar surface area (TPSA) is 118 Å². The van der Waals surface area contributed by atoms with Crippen molar-refractivity contribution in [2.24, 2.45) is 11.8 Å². The molecule has 4 amide bonds. The highest BCUT2D eigenvalue weighted by atomic mass is 16.7. The number of urea groups is 1. The Labute approximate surface area is 173 Å². The van der Waals surface area contributed by atoms with E-state index in [4.69, 9.17) is 9.47 Å². The van der Waals surface area contributed by atoms with E-state index < -0.39 is 29.8 Å². The van der Waals surface area contributed by atoms with Gasteiger partial charge in [0.05, 0.1) is 13.2 Å². The van der Waals surface area contributed by atoms with Crippen LogP contribution >= 0.6 is 0 Å². The van der Waals surface area contributed by atoms with Crippen LogP contribution in [0.3, 0.4) is 0 Å². The first-order valence-electron chi connectivity index (χ1n) is 10.1. The van der Waals surface area contributed by atoms with Crippen LogP contribution in [-0.4, -0.2) is 62.5 Å². The van der Waals surface area contributed by atoms with Crippen molar-refractivity contribution in [3.63, 3.8) is 0 Å². The largest absolute Gasteiger partial charge is 0.357 e. The molecule has 2 atom stereocenters. The van der Waals surface area contributed by atoms with E-state index in [0.717, 1.165) is 6.42 Å². The standard InChI is InChI=1S/C20H36N4O5/c1-7-8-9-15(17(25)21-6)23-18(26)16(13(2)3)24-19(27)22-10-14-11-28-20(4,5)29-12-14/h8-9,13-16H,7,10-12H2,1-6H3,(H,21,25)(H,23,26)(H2,22,24,27). The summed E-state index contributed by atoms with van der Waals surface area (Å²) in [5.41, 5.74) is 0. The van der Waals surface area contributed by atoms with Gasteiger partial charge in [-0.2, -0.15) is 0 Å². The van der Waals surface area contributed by atoms with Crippen LogP contribution in [0.25, 0.3) is 0 Å². The van der Waals surface area contributed by atoms with Crippen molar-refractivity contribution in [3.8, 4) is 0 Å². The SMILES string of the molecule is CCC=CC(NC(=O)C(NC(=O)NCC1COC(C)(C)OC1)C(C)C)C(=O)NC. The number of hydrogen-bond acceptors (Lipinski definition) is 5. The van der Waals surface area contributed by atoms with Crippen LogP contribution < -0.4 is 21.3 Å². The van der Waals surface area contributed by atoms with E-state index in [2.05, 4.69) is 21.3 Å². The first-order valence-corrected chi connectivity index (χ1v) is 10.1. The zero-order chi connectivity index (χ0) is 22.0. The molecule has 1 aliphatic rings. The van der Waals surface area contributed by atoms with E-state index >= 15 is 0 Å². The summed E-state index contributed by atoms with van der Waals surface area (Å²) in [5.74, 6) is -1.47. The Kier molecular flexibility index (Phi) is 10.1. The molecule has 0 spiro atoms. The second kappa shape index (κ2) is 11.8. The van der Waals surface area contributed by atoms with E-state index in [1.165, 1.54) is 7.05 Å². The zero-order valence-electron chi connectivity index (χ0n) is 18.3. The van der Waals surface area contributed by atoms with Gasteiger partial charge in [0.2, 0.25) is 11.8 Å². The summed E-state index contributed by atoms with van der Waals surface area (Å²) in [6.07, 6.45) is 4.18. The summed E-state index contributed by atoms with van der Waals surface area (Å²) in [5, 5.41) is 10.7. The van der Waals surface area contributed by atoms with Gasteiger partial charge in [0.15, 0.2) is 5.79 Å². The number of nitrogens with one attached hydrogen (secondary N) is 4. The molecule has 0 bridgehead atoms. The highest BCUT2D eigenvalue weighted by Gasteiger charge is 2.30. The lowest BCUT2D eigenvalue weighted by Crippen LogP contribution is -2.56. The highest BCUT2D eigenvalue weighted by Crippen LogP contribution is 2.19. The second-order valence-corrected chi connectivity index (χ2v) is 7.90. The van der Waals surface area contributed by atoms with Gasteiger partial charge in [-0.1, -0.05) is 32.9 Å². The first kappa shape index (κ1) is 24.9. The first-order chi connectivity index (χ1) is 13.6. The predicted molar refractivity (Wildman–Crippen MR) is 110 cm³/mol. The lowest BCUT2D eigenvalue weighted by molar-refractivity contribution is -0.261. The lowest BCUT2D eigenvalue weighted by Gasteiger charge is -2.35.